The molecular formula is C16H22N2O3. The fourth-order valence-corrected chi connectivity index (χ4v) is 2.75. The highest BCUT2D eigenvalue weighted by atomic mass is 16.5. The van der Waals surface area contributed by atoms with Crippen LogP contribution in [0, 0.1) is 13.8 Å². The van der Waals surface area contributed by atoms with Gasteiger partial charge in [0.15, 0.2) is 0 Å². The second-order valence-corrected chi connectivity index (χ2v) is 5.52. The maximum absolute atomic E-state index is 12.2. The van der Waals surface area contributed by atoms with Crippen molar-refractivity contribution in [3.63, 3.8) is 0 Å². The van der Waals surface area contributed by atoms with Crippen LogP contribution in [0.2, 0.25) is 0 Å². The summed E-state index contributed by atoms with van der Waals surface area (Å²) in [5, 5.41) is 2.91. The quantitative estimate of drug-likeness (QED) is 0.860. The first-order valence-corrected chi connectivity index (χ1v) is 7.20. The largest absolute Gasteiger partial charge is 0.468 e. The second kappa shape index (κ2) is 6.72. The molecule has 21 heavy (non-hydrogen) atoms. The fraction of sp³-hybridized carbons (Fsp3) is 0.500. The Hall–Kier alpha value is -1.88. The number of benzene rings is 1. The summed E-state index contributed by atoms with van der Waals surface area (Å²) in [5.74, 6) is -0.357. The standard InChI is InChI=1S/C16H22N2O3/c1-11-6-7-13(12(2)9-11)17-15(19)10-18-8-4-5-14(18)16(20)21-3/h6-7,9,14H,4-5,8,10H2,1-3H3,(H,17,19). The van der Waals surface area contributed by atoms with Gasteiger partial charge in [-0.3, -0.25) is 14.5 Å². The number of esters is 1. The Balaban J connectivity index is 1.96. The van der Waals surface area contributed by atoms with Crippen LogP contribution in [0.5, 0.6) is 0 Å². The van der Waals surface area contributed by atoms with E-state index in [2.05, 4.69) is 5.32 Å². The summed E-state index contributed by atoms with van der Waals surface area (Å²) in [6, 6.07) is 5.61. The van der Waals surface area contributed by atoms with Gasteiger partial charge in [-0.2, -0.15) is 0 Å². The Kier molecular flexibility index (Phi) is 4.96. The van der Waals surface area contributed by atoms with Crippen molar-refractivity contribution in [1.82, 2.24) is 4.90 Å². The lowest BCUT2D eigenvalue weighted by molar-refractivity contribution is -0.146. The molecule has 0 aromatic heterocycles. The van der Waals surface area contributed by atoms with Gasteiger partial charge in [0.25, 0.3) is 0 Å². The molecule has 1 amide bonds. The van der Waals surface area contributed by atoms with Crippen molar-refractivity contribution in [2.75, 3.05) is 25.5 Å². The highest BCUT2D eigenvalue weighted by Gasteiger charge is 2.32. The number of carbonyl (C=O) groups excluding carboxylic acids is 2. The first-order chi connectivity index (χ1) is 10.0. The van der Waals surface area contributed by atoms with Crippen molar-refractivity contribution in [2.45, 2.75) is 32.7 Å². The number of carbonyl (C=O) groups is 2. The highest BCUT2D eigenvalue weighted by Crippen LogP contribution is 2.19. The monoisotopic (exact) mass is 290 g/mol. The Labute approximate surface area is 125 Å². The lowest BCUT2D eigenvalue weighted by Crippen LogP contribution is -2.41. The Morgan fingerprint density at radius 1 is 1.38 bits per heavy atom. The molecule has 1 heterocycles. The van der Waals surface area contributed by atoms with E-state index in [0.29, 0.717) is 0 Å². The van der Waals surface area contributed by atoms with Crippen LogP contribution in [0.3, 0.4) is 0 Å². The smallest absolute Gasteiger partial charge is 0.323 e. The molecule has 1 unspecified atom stereocenters. The average Bonchev–Trinajstić information content (AvgIpc) is 2.89. The average molecular weight is 290 g/mol. The molecule has 114 valence electrons. The molecule has 1 aromatic carbocycles. The van der Waals surface area contributed by atoms with Gasteiger partial charge in [0.05, 0.1) is 13.7 Å². The van der Waals surface area contributed by atoms with Crippen molar-refractivity contribution < 1.29 is 14.3 Å². The first-order valence-electron chi connectivity index (χ1n) is 7.20. The maximum Gasteiger partial charge on any atom is 0.323 e. The van der Waals surface area contributed by atoms with Crippen LogP contribution in [0.4, 0.5) is 5.69 Å². The number of nitrogens with one attached hydrogen (secondary N) is 1. The van der Waals surface area contributed by atoms with E-state index in [4.69, 9.17) is 4.74 Å². The van der Waals surface area contributed by atoms with Gasteiger partial charge in [-0.05, 0) is 44.9 Å². The summed E-state index contributed by atoms with van der Waals surface area (Å²) in [5.41, 5.74) is 3.02. The van der Waals surface area contributed by atoms with E-state index in [9.17, 15) is 9.59 Å². The molecule has 2 rings (SSSR count). The molecule has 1 aliphatic rings. The van der Waals surface area contributed by atoms with E-state index in [0.717, 1.165) is 36.2 Å². The number of hydrogen-bond acceptors (Lipinski definition) is 4. The summed E-state index contributed by atoms with van der Waals surface area (Å²) >= 11 is 0. The number of methoxy groups -OCH3 is 1. The molecule has 1 saturated heterocycles. The number of aryl methyl sites for hydroxylation is 2. The normalized spacial score (nSPS) is 18.5. The number of nitrogens with zero attached hydrogens (tertiary/aromatic N) is 1. The van der Waals surface area contributed by atoms with Crippen molar-refractivity contribution in [3.05, 3.63) is 29.3 Å². The molecule has 1 atom stereocenters. The van der Waals surface area contributed by atoms with E-state index >= 15 is 0 Å². The fourth-order valence-electron chi connectivity index (χ4n) is 2.75. The van der Waals surface area contributed by atoms with E-state index < -0.39 is 0 Å². The Bertz CT molecular complexity index is 542. The topological polar surface area (TPSA) is 58.6 Å². The van der Waals surface area contributed by atoms with Crippen LogP contribution in [0.1, 0.15) is 24.0 Å². The third kappa shape index (κ3) is 3.82. The first kappa shape index (κ1) is 15.5. The van der Waals surface area contributed by atoms with Gasteiger partial charge in [-0.25, -0.2) is 0 Å². The van der Waals surface area contributed by atoms with Gasteiger partial charge in [0, 0.05) is 5.69 Å². The molecule has 1 aromatic rings. The van der Waals surface area contributed by atoms with Crippen LogP contribution < -0.4 is 5.32 Å². The molecule has 0 bridgehead atoms. The van der Waals surface area contributed by atoms with Crippen molar-refractivity contribution >= 4 is 17.6 Å². The molecule has 1 fully saturated rings. The number of rotatable bonds is 4. The number of anilines is 1. The van der Waals surface area contributed by atoms with Crippen molar-refractivity contribution in [1.29, 1.82) is 0 Å². The van der Waals surface area contributed by atoms with E-state index in [1.165, 1.54) is 7.11 Å². The minimum absolute atomic E-state index is 0.0993. The summed E-state index contributed by atoms with van der Waals surface area (Å²) in [4.78, 5) is 25.7. The molecule has 5 nitrogen and oxygen atoms in total. The summed E-state index contributed by atoms with van der Waals surface area (Å²) in [6.45, 7) is 4.95. The predicted octanol–water partition coefficient (Wildman–Crippen LogP) is 1.88. The summed E-state index contributed by atoms with van der Waals surface area (Å²) < 4.78 is 4.78. The van der Waals surface area contributed by atoms with E-state index in [-0.39, 0.29) is 24.5 Å². The Morgan fingerprint density at radius 2 is 2.14 bits per heavy atom. The summed E-state index contributed by atoms with van der Waals surface area (Å²) in [7, 11) is 1.38. The van der Waals surface area contributed by atoms with Gasteiger partial charge in [-0.1, -0.05) is 17.7 Å². The molecule has 0 radical (unpaired) electrons. The zero-order chi connectivity index (χ0) is 15.4. The molecule has 0 spiro atoms. The van der Waals surface area contributed by atoms with Crippen LogP contribution in [-0.4, -0.2) is 43.0 Å². The second-order valence-electron chi connectivity index (χ2n) is 5.52. The predicted molar refractivity (Wildman–Crippen MR) is 81.2 cm³/mol. The Morgan fingerprint density at radius 3 is 2.81 bits per heavy atom. The maximum atomic E-state index is 12.2. The lowest BCUT2D eigenvalue weighted by Gasteiger charge is -2.21. The van der Waals surface area contributed by atoms with Gasteiger partial charge < -0.3 is 10.1 Å². The molecule has 1 N–H and O–H groups in total. The minimum Gasteiger partial charge on any atom is -0.468 e. The molecule has 1 aliphatic heterocycles. The van der Waals surface area contributed by atoms with Crippen LogP contribution in [0.25, 0.3) is 0 Å². The van der Waals surface area contributed by atoms with Crippen LogP contribution in [0.15, 0.2) is 18.2 Å². The third-order valence-corrected chi connectivity index (χ3v) is 3.84. The number of amides is 1. The highest BCUT2D eigenvalue weighted by molar-refractivity contribution is 5.93. The van der Waals surface area contributed by atoms with E-state index in [1.54, 1.807) is 0 Å². The van der Waals surface area contributed by atoms with Crippen molar-refractivity contribution in [2.24, 2.45) is 0 Å². The third-order valence-electron chi connectivity index (χ3n) is 3.84. The van der Waals surface area contributed by atoms with E-state index in [1.807, 2.05) is 36.9 Å². The molecule has 5 heteroatoms. The van der Waals surface area contributed by atoms with Crippen LogP contribution >= 0.6 is 0 Å². The number of ether oxygens (including phenoxy) is 1. The number of hydrogen-bond donors (Lipinski definition) is 1. The van der Waals surface area contributed by atoms with Gasteiger partial charge in [0.1, 0.15) is 6.04 Å². The van der Waals surface area contributed by atoms with Crippen molar-refractivity contribution in [3.8, 4) is 0 Å². The lowest BCUT2D eigenvalue weighted by atomic mass is 10.1. The zero-order valence-electron chi connectivity index (χ0n) is 12.8. The van der Waals surface area contributed by atoms with Crippen LogP contribution in [-0.2, 0) is 14.3 Å². The SMILES string of the molecule is COC(=O)C1CCCN1CC(=O)Nc1ccc(C)cc1C. The minimum atomic E-state index is -0.292. The van der Waals surface area contributed by atoms with Gasteiger partial charge >= 0.3 is 5.97 Å². The number of likely N-dealkylation sites (tertiary alicyclic amines) is 1. The zero-order valence-corrected chi connectivity index (χ0v) is 12.8. The van der Waals surface area contributed by atoms with Gasteiger partial charge in [-0.15, -0.1) is 0 Å². The summed E-state index contributed by atoms with van der Waals surface area (Å²) in [6.07, 6.45) is 1.67. The van der Waals surface area contributed by atoms with Gasteiger partial charge in [0.2, 0.25) is 5.91 Å². The molecule has 0 aliphatic carbocycles. The molecule has 0 saturated carbocycles. The molecular weight excluding hydrogens is 268 g/mol.